The highest BCUT2D eigenvalue weighted by atomic mass is 32.2. The molecule has 1 aromatic rings. The molecule has 2 rings (SSSR count). The molecule has 1 N–H and O–H groups in total. The van der Waals surface area contributed by atoms with E-state index in [1.54, 1.807) is 13.8 Å². The molecular formula is C13H16O4S. The number of carboxylic acid groups (broad SMARTS) is 1. The summed E-state index contributed by atoms with van der Waals surface area (Å²) < 4.78 is 24.5. The zero-order chi connectivity index (χ0) is 13.5. The van der Waals surface area contributed by atoms with Gasteiger partial charge in [0.1, 0.15) is 0 Å². The van der Waals surface area contributed by atoms with Gasteiger partial charge in [0.05, 0.1) is 16.2 Å². The monoisotopic (exact) mass is 268 g/mol. The lowest BCUT2D eigenvalue weighted by Crippen LogP contribution is -2.12. The summed E-state index contributed by atoms with van der Waals surface area (Å²) in [6.45, 7) is 3.46. The van der Waals surface area contributed by atoms with Crippen LogP contribution in [-0.4, -0.2) is 25.2 Å². The number of benzene rings is 1. The Morgan fingerprint density at radius 2 is 1.94 bits per heavy atom. The molecule has 1 fully saturated rings. The number of rotatable bonds is 4. The third-order valence-electron chi connectivity index (χ3n) is 3.35. The molecule has 0 bridgehead atoms. The molecule has 0 atom stereocenters. The SMILES string of the molecule is Cc1cc(C(=O)O)cc(S(=O)(=O)CC2CC2)c1C. The zero-order valence-corrected chi connectivity index (χ0v) is 11.3. The van der Waals surface area contributed by atoms with Crippen molar-refractivity contribution in [3.8, 4) is 0 Å². The summed E-state index contributed by atoms with van der Waals surface area (Å²) in [5.41, 5.74) is 1.39. The van der Waals surface area contributed by atoms with Gasteiger partial charge in [-0.05, 0) is 55.9 Å². The van der Waals surface area contributed by atoms with Crippen molar-refractivity contribution in [1.29, 1.82) is 0 Å². The summed E-state index contributed by atoms with van der Waals surface area (Å²) in [7, 11) is -3.37. The van der Waals surface area contributed by atoms with E-state index in [0.29, 0.717) is 11.1 Å². The maximum atomic E-state index is 12.2. The van der Waals surface area contributed by atoms with Crippen LogP contribution in [0.25, 0.3) is 0 Å². The molecule has 5 heteroatoms. The fourth-order valence-electron chi connectivity index (χ4n) is 1.96. The smallest absolute Gasteiger partial charge is 0.335 e. The topological polar surface area (TPSA) is 71.4 Å². The molecule has 0 spiro atoms. The Bertz CT molecular complexity index is 598. The second kappa shape index (κ2) is 4.39. The Kier molecular flexibility index (Phi) is 3.19. The number of aryl methyl sites for hydroxylation is 1. The van der Waals surface area contributed by atoms with Crippen molar-refractivity contribution >= 4 is 15.8 Å². The van der Waals surface area contributed by atoms with Crippen molar-refractivity contribution in [3.63, 3.8) is 0 Å². The maximum Gasteiger partial charge on any atom is 0.335 e. The second-order valence-electron chi connectivity index (χ2n) is 4.95. The molecule has 0 radical (unpaired) electrons. The number of hydrogen-bond acceptors (Lipinski definition) is 3. The van der Waals surface area contributed by atoms with Gasteiger partial charge in [-0.2, -0.15) is 0 Å². The highest BCUT2D eigenvalue weighted by molar-refractivity contribution is 7.91. The Labute approximate surface area is 107 Å². The van der Waals surface area contributed by atoms with Crippen molar-refractivity contribution in [2.24, 2.45) is 5.92 Å². The lowest BCUT2D eigenvalue weighted by molar-refractivity contribution is 0.0696. The number of sulfone groups is 1. The normalized spacial score (nSPS) is 15.7. The van der Waals surface area contributed by atoms with E-state index in [-0.39, 0.29) is 22.1 Å². The predicted octanol–water partition coefficient (Wildman–Crippen LogP) is 2.19. The molecule has 98 valence electrons. The van der Waals surface area contributed by atoms with Gasteiger partial charge in [-0.3, -0.25) is 0 Å². The van der Waals surface area contributed by atoms with Crippen LogP contribution in [0.2, 0.25) is 0 Å². The van der Waals surface area contributed by atoms with Crippen LogP contribution in [0.3, 0.4) is 0 Å². The van der Waals surface area contributed by atoms with Gasteiger partial charge >= 0.3 is 5.97 Å². The lowest BCUT2D eigenvalue weighted by Gasteiger charge is -2.11. The first-order valence-corrected chi connectivity index (χ1v) is 7.54. The molecule has 4 nitrogen and oxygen atoms in total. The van der Waals surface area contributed by atoms with Crippen LogP contribution < -0.4 is 0 Å². The molecule has 0 unspecified atom stereocenters. The summed E-state index contributed by atoms with van der Waals surface area (Å²) in [4.78, 5) is 11.2. The second-order valence-corrected chi connectivity index (χ2v) is 6.95. The van der Waals surface area contributed by atoms with Gasteiger partial charge in [-0.1, -0.05) is 0 Å². The highest BCUT2D eigenvalue weighted by Crippen LogP contribution is 2.33. The highest BCUT2D eigenvalue weighted by Gasteiger charge is 2.30. The average molecular weight is 268 g/mol. The third-order valence-corrected chi connectivity index (χ3v) is 5.36. The van der Waals surface area contributed by atoms with Gasteiger partial charge in [-0.25, -0.2) is 13.2 Å². The van der Waals surface area contributed by atoms with Gasteiger partial charge in [0, 0.05) is 0 Å². The van der Waals surface area contributed by atoms with Crippen LogP contribution in [0, 0.1) is 19.8 Å². The van der Waals surface area contributed by atoms with Crippen molar-refractivity contribution in [2.45, 2.75) is 31.6 Å². The number of carbonyl (C=O) groups is 1. The minimum absolute atomic E-state index is 0.0347. The summed E-state index contributed by atoms with van der Waals surface area (Å²) in [5.74, 6) is -0.708. The maximum absolute atomic E-state index is 12.2. The van der Waals surface area contributed by atoms with Gasteiger partial charge in [0.25, 0.3) is 0 Å². The number of aromatic carboxylic acids is 1. The third kappa shape index (κ3) is 2.56. The predicted molar refractivity (Wildman–Crippen MR) is 67.7 cm³/mol. The molecule has 0 saturated heterocycles. The first-order valence-electron chi connectivity index (χ1n) is 5.88. The molecular weight excluding hydrogens is 252 g/mol. The largest absolute Gasteiger partial charge is 0.478 e. The Morgan fingerprint density at radius 3 is 2.44 bits per heavy atom. The first kappa shape index (κ1) is 13.1. The van der Waals surface area contributed by atoms with Gasteiger partial charge in [0.15, 0.2) is 9.84 Å². The van der Waals surface area contributed by atoms with E-state index in [9.17, 15) is 13.2 Å². The Balaban J connectivity index is 2.51. The molecule has 18 heavy (non-hydrogen) atoms. The van der Waals surface area contributed by atoms with Gasteiger partial charge < -0.3 is 5.11 Å². The zero-order valence-electron chi connectivity index (χ0n) is 10.4. The molecule has 0 amide bonds. The van der Waals surface area contributed by atoms with Crippen LogP contribution in [0.15, 0.2) is 17.0 Å². The van der Waals surface area contributed by atoms with Crippen LogP contribution in [0.4, 0.5) is 0 Å². The lowest BCUT2D eigenvalue weighted by atomic mass is 10.1. The minimum Gasteiger partial charge on any atom is -0.478 e. The Hall–Kier alpha value is -1.36. The van der Waals surface area contributed by atoms with Crippen LogP contribution in [0.5, 0.6) is 0 Å². The van der Waals surface area contributed by atoms with Crippen molar-refractivity contribution in [1.82, 2.24) is 0 Å². The molecule has 0 aromatic heterocycles. The summed E-state index contributed by atoms with van der Waals surface area (Å²) in [6, 6.07) is 2.79. The van der Waals surface area contributed by atoms with Crippen LogP contribution in [0.1, 0.15) is 34.3 Å². The van der Waals surface area contributed by atoms with E-state index >= 15 is 0 Å². The molecule has 1 aliphatic rings. The van der Waals surface area contributed by atoms with Crippen molar-refractivity contribution < 1.29 is 18.3 Å². The average Bonchev–Trinajstić information content (AvgIpc) is 3.04. The van der Waals surface area contributed by atoms with Gasteiger partial charge in [-0.15, -0.1) is 0 Å². The molecule has 1 aromatic carbocycles. The molecule has 1 aliphatic carbocycles. The Morgan fingerprint density at radius 1 is 1.33 bits per heavy atom. The quantitative estimate of drug-likeness (QED) is 0.908. The fraction of sp³-hybridized carbons (Fsp3) is 0.462. The summed E-state index contributed by atoms with van der Waals surface area (Å²) in [5, 5.41) is 8.99. The first-order chi connectivity index (χ1) is 8.31. The van der Waals surface area contributed by atoms with Crippen molar-refractivity contribution in [2.75, 3.05) is 5.75 Å². The van der Waals surface area contributed by atoms with E-state index in [1.807, 2.05) is 0 Å². The van der Waals surface area contributed by atoms with E-state index in [4.69, 9.17) is 5.11 Å². The fourth-order valence-corrected chi connectivity index (χ4v) is 4.03. The number of hydrogen-bond donors (Lipinski definition) is 1. The van der Waals surface area contributed by atoms with Crippen LogP contribution in [-0.2, 0) is 9.84 Å². The molecule has 0 heterocycles. The van der Waals surface area contributed by atoms with E-state index in [0.717, 1.165) is 12.8 Å². The standard InChI is InChI=1S/C13H16O4S/c1-8-5-11(13(14)15)6-12(9(8)2)18(16,17)7-10-3-4-10/h5-6,10H,3-4,7H2,1-2H3,(H,14,15). The summed E-state index contributed by atoms with van der Waals surface area (Å²) >= 11 is 0. The summed E-state index contributed by atoms with van der Waals surface area (Å²) in [6.07, 6.45) is 1.91. The number of carboxylic acids is 1. The molecule has 1 saturated carbocycles. The minimum atomic E-state index is -3.37. The van der Waals surface area contributed by atoms with Gasteiger partial charge in [0.2, 0.25) is 0 Å². The van der Waals surface area contributed by atoms with E-state index < -0.39 is 15.8 Å². The van der Waals surface area contributed by atoms with E-state index in [2.05, 4.69) is 0 Å². The van der Waals surface area contributed by atoms with E-state index in [1.165, 1.54) is 12.1 Å². The van der Waals surface area contributed by atoms with Crippen molar-refractivity contribution in [3.05, 3.63) is 28.8 Å². The van der Waals surface area contributed by atoms with Crippen LogP contribution >= 0.6 is 0 Å². The molecule has 0 aliphatic heterocycles.